The second kappa shape index (κ2) is 3.44. The molecule has 2 N–H and O–H groups in total. The first-order valence-corrected chi connectivity index (χ1v) is 3.62. The van der Waals surface area contributed by atoms with E-state index in [0.29, 0.717) is 12.0 Å². The Morgan fingerprint density at radius 2 is 2.00 bits per heavy atom. The Labute approximate surface area is 53.4 Å². The maximum Gasteiger partial charge on any atom is 0.0186 e. The molecular weight excluding hydrogens is 154 g/mol. The molecule has 1 unspecified atom stereocenters. The van der Waals surface area contributed by atoms with Crippen LogP contribution in [-0.4, -0.2) is 11.4 Å². The highest BCUT2D eigenvalue weighted by molar-refractivity contribution is 9.09. The zero-order valence-electron chi connectivity index (χ0n) is 4.82. The van der Waals surface area contributed by atoms with Crippen LogP contribution in [0.25, 0.3) is 0 Å². The van der Waals surface area contributed by atoms with E-state index in [1.807, 2.05) is 0 Å². The van der Waals surface area contributed by atoms with Gasteiger partial charge in [0.25, 0.3) is 0 Å². The van der Waals surface area contributed by atoms with E-state index in [1.165, 1.54) is 0 Å². The number of hydrogen-bond acceptors (Lipinski definition) is 1. The fourth-order valence-electron chi connectivity index (χ4n) is 0.178. The van der Waals surface area contributed by atoms with Crippen molar-refractivity contribution in [2.24, 2.45) is 11.7 Å². The van der Waals surface area contributed by atoms with E-state index >= 15 is 0 Å². The summed E-state index contributed by atoms with van der Waals surface area (Å²) in [4.78, 5) is 0. The van der Waals surface area contributed by atoms with Gasteiger partial charge in [0.2, 0.25) is 0 Å². The van der Waals surface area contributed by atoms with Gasteiger partial charge in [-0.1, -0.05) is 29.8 Å². The average Bonchev–Trinajstić information content (AvgIpc) is 1.65. The second-order valence-electron chi connectivity index (χ2n) is 2.06. The van der Waals surface area contributed by atoms with Crippen molar-refractivity contribution in [2.45, 2.75) is 19.9 Å². The Morgan fingerprint density at radius 3 is 2.00 bits per heavy atom. The smallest absolute Gasteiger partial charge is 0.0186 e. The maximum atomic E-state index is 5.57. The van der Waals surface area contributed by atoms with Crippen molar-refractivity contribution in [3.05, 3.63) is 0 Å². The van der Waals surface area contributed by atoms with E-state index < -0.39 is 0 Å². The molecule has 1 atom stereocenters. The molecule has 0 amide bonds. The lowest BCUT2D eigenvalue weighted by Crippen LogP contribution is -2.27. The topological polar surface area (TPSA) is 26.0 Å². The molecule has 0 bridgehead atoms. The van der Waals surface area contributed by atoms with E-state index in [4.69, 9.17) is 5.73 Å². The number of rotatable bonds is 2. The molecule has 44 valence electrons. The zero-order valence-corrected chi connectivity index (χ0v) is 6.40. The number of hydrogen-bond donors (Lipinski definition) is 1. The van der Waals surface area contributed by atoms with Crippen molar-refractivity contribution in [1.82, 2.24) is 0 Å². The Morgan fingerprint density at radius 1 is 1.57 bits per heavy atom. The van der Waals surface area contributed by atoms with Crippen molar-refractivity contribution in [1.29, 1.82) is 0 Å². The molecule has 7 heavy (non-hydrogen) atoms. The average molecular weight is 166 g/mol. The minimum Gasteiger partial charge on any atom is -0.327 e. The van der Waals surface area contributed by atoms with Crippen LogP contribution in [0.2, 0.25) is 0 Å². The lowest BCUT2D eigenvalue weighted by atomic mass is 10.1. The van der Waals surface area contributed by atoms with Gasteiger partial charge in [0.05, 0.1) is 0 Å². The van der Waals surface area contributed by atoms with Crippen LogP contribution < -0.4 is 5.73 Å². The number of halogens is 1. The Hall–Kier alpha value is 0.440. The number of alkyl halides is 1. The Bertz CT molecular complexity index is 45.3. The molecule has 0 saturated heterocycles. The predicted molar refractivity (Wildman–Crippen MR) is 36.6 cm³/mol. The first kappa shape index (κ1) is 7.44. The van der Waals surface area contributed by atoms with Crippen molar-refractivity contribution in [2.75, 3.05) is 5.33 Å². The molecule has 0 aliphatic carbocycles. The van der Waals surface area contributed by atoms with Crippen molar-refractivity contribution in [3.8, 4) is 0 Å². The van der Waals surface area contributed by atoms with E-state index in [9.17, 15) is 0 Å². The van der Waals surface area contributed by atoms with Gasteiger partial charge >= 0.3 is 0 Å². The Kier molecular flexibility index (Phi) is 3.66. The highest BCUT2D eigenvalue weighted by Gasteiger charge is 2.02. The lowest BCUT2D eigenvalue weighted by molar-refractivity contribution is 0.538. The maximum absolute atomic E-state index is 5.57. The van der Waals surface area contributed by atoms with Crippen LogP contribution in [-0.2, 0) is 0 Å². The van der Waals surface area contributed by atoms with E-state index in [0.717, 1.165) is 5.33 Å². The van der Waals surface area contributed by atoms with Crippen LogP contribution in [0.3, 0.4) is 0 Å². The van der Waals surface area contributed by atoms with Gasteiger partial charge < -0.3 is 5.73 Å². The summed E-state index contributed by atoms with van der Waals surface area (Å²) in [7, 11) is 0. The van der Waals surface area contributed by atoms with E-state index in [-0.39, 0.29) is 0 Å². The molecule has 0 aromatic rings. The van der Waals surface area contributed by atoms with Gasteiger partial charge in [-0.05, 0) is 5.92 Å². The minimum atomic E-state index is 0.319. The highest BCUT2D eigenvalue weighted by Crippen LogP contribution is 1.99. The van der Waals surface area contributed by atoms with Crippen LogP contribution in [0.1, 0.15) is 13.8 Å². The largest absolute Gasteiger partial charge is 0.327 e. The first-order chi connectivity index (χ1) is 3.18. The summed E-state index contributed by atoms with van der Waals surface area (Å²) in [6, 6.07) is 0.319. The standard InChI is InChI=1S/C5H12BrN/c1-4(2)5(7)3-6/h4-5H,3,7H2,1-2H3. The van der Waals surface area contributed by atoms with Gasteiger partial charge in [0, 0.05) is 11.4 Å². The molecule has 0 aromatic carbocycles. The van der Waals surface area contributed by atoms with Crippen molar-refractivity contribution in [3.63, 3.8) is 0 Å². The predicted octanol–water partition coefficient (Wildman–Crippen LogP) is 1.36. The van der Waals surface area contributed by atoms with Crippen LogP contribution in [0.5, 0.6) is 0 Å². The molecule has 0 aliphatic rings. The first-order valence-electron chi connectivity index (χ1n) is 2.50. The normalized spacial score (nSPS) is 15.0. The third kappa shape index (κ3) is 3.06. The molecule has 2 heteroatoms. The Balaban J connectivity index is 3.14. The quantitative estimate of drug-likeness (QED) is 0.616. The molecule has 0 aliphatic heterocycles. The van der Waals surface area contributed by atoms with Gasteiger partial charge in [-0.25, -0.2) is 0 Å². The molecule has 0 radical (unpaired) electrons. The van der Waals surface area contributed by atoms with Crippen LogP contribution in [0.15, 0.2) is 0 Å². The van der Waals surface area contributed by atoms with Crippen LogP contribution >= 0.6 is 15.9 Å². The minimum absolute atomic E-state index is 0.319. The summed E-state index contributed by atoms with van der Waals surface area (Å²) in [6.45, 7) is 4.23. The monoisotopic (exact) mass is 165 g/mol. The zero-order chi connectivity index (χ0) is 5.86. The molecule has 0 saturated carbocycles. The molecule has 0 rings (SSSR count). The summed E-state index contributed by atoms with van der Waals surface area (Å²) >= 11 is 3.29. The highest BCUT2D eigenvalue weighted by atomic mass is 79.9. The molecular formula is C5H12BrN. The van der Waals surface area contributed by atoms with Gasteiger partial charge in [-0.3, -0.25) is 0 Å². The number of nitrogens with two attached hydrogens (primary N) is 1. The van der Waals surface area contributed by atoms with Crippen molar-refractivity contribution >= 4 is 15.9 Å². The molecule has 0 aromatic heterocycles. The molecule has 0 heterocycles. The molecule has 0 spiro atoms. The third-order valence-corrected chi connectivity index (χ3v) is 1.78. The van der Waals surface area contributed by atoms with E-state index in [2.05, 4.69) is 29.8 Å². The summed E-state index contributed by atoms with van der Waals surface area (Å²) in [6.07, 6.45) is 0. The van der Waals surface area contributed by atoms with Gasteiger partial charge in [-0.15, -0.1) is 0 Å². The van der Waals surface area contributed by atoms with Crippen LogP contribution in [0, 0.1) is 5.92 Å². The molecule has 1 nitrogen and oxygen atoms in total. The van der Waals surface area contributed by atoms with Crippen LogP contribution in [0.4, 0.5) is 0 Å². The van der Waals surface area contributed by atoms with Crippen molar-refractivity contribution < 1.29 is 0 Å². The summed E-state index contributed by atoms with van der Waals surface area (Å²) < 4.78 is 0. The molecule has 0 fully saturated rings. The fourth-order valence-corrected chi connectivity index (χ4v) is 0.926. The third-order valence-electron chi connectivity index (χ3n) is 1.03. The summed E-state index contributed by atoms with van der Waals surface area (Å²) in [5.74, 6) is 0.597. The van der Waals surface area contributed by atoms with Gasteiger partial charge in [-0.2, -0.15) is 0 Å². The second-order valence-corrected chi connectivity index (χ2v) is 2.71. The SMILES string of the molecule is CC(C)C(N)CBr. The summed E-state index contributed by atoms with van der Waals surface area (Å²) in [5.41, 5.74) is 5.57. The van der Waals surface area contributed by atoms with E-state index in [1.54, 1.807) is 0 Å². The van der Waals surface area contributed by atoms with Gasteiger partial charge in [0.1, 0.15) is 0 Å². The summed E-state index contributed by atoms with van der Waals surface area (Å²) in [5, 5.41) is 0.907. The van der Waals surface area contributed by atoms with Gasteiger partial charge in [0.15, 0.2) is 0 Å². The lowest BCUT2D eigenvalue weighted by Gasteiger charge is -2.09. The fraction of sp³-hybridized carbons (Fsp3) is 1.00.